The molecule has 86 valence electrons. The van der Waals surface area contributed by atoms with Gasteiger partial charge in [-0.15, -0.1) is 0 Å². The molecular weight excluding hydrogens is 198 g/mol. The van der Waals surface area contributed by atoms with E-state index in [1.165, 1.54) is 16.5 Å². The zero-order valence-electron chi connectivity index (χ0n) is 10.2. The summed E-state index contributed by atoms with van der Waals surface area (Å²) in [5.74, 6) is 0. The molecule has 0 unspecified atom stereocenters. The molecular formula is C13H19N3. The number of aryl methyl sites for hydroxylation is 1. The number of nitrogens with two attached hydrogens (primary N) is 1. The maximum absolute atomic E-state index is 5.65. The lowest BCUT2D eigenvalue weighted by atomic mass is 10.1. The lowest BCUT2D eigenvalue weighted by Gasteiger charge is -2.07. The van der Waals surface area contributed by atoms with Crippen LogP contribution in [0.25, 0.3) is 11.0 Å². The molecule has 16 heavy (non-hydrogen) atoms. The quantitative estimate of drug-likeness (QED) is 0.858. The molecule has 0 spiro atoms. The number of rotatable bonds is 3. The maximum Gasteiger partial charge on any atom is 0.140 e. The monoisotopic (exact) mass is 217 g/mol. The van der Waals surface area contributed by atoms with Gasteiger partial charge in [0.05, 0.1) is 0 Å². The van der Waals surface area contributed by atoms with Crippen LogP contribution in [0.2, 0.25) is 0 Å². The summed E-state index contributed by atoms with van der Waals surface area (Å²) in [7, 11) is 0. The number of hydrogen-bond donors (Lipinski definition) is 1. The molecule has 2 aromatic rings. The summed E-state index contributed by atoms with van der Waals surface area (Å²) in [5.41, 5.74) is 9.23. The Morgan fingerprint density at radius 2 is 2.19 bits per heavy atom. The highest BCUT2D eigenvalue weighted by molar-refractivity contribution is 5.81. The molecule has 2 N–H and O–H groups in total. The van der Waals surface area contributed by atoms with Gasteiger partial charge in [-0.2, -0.15) is 0 Å². The Morgan fingerprint density at radius 1 is 1.44 bits per heavy atom. The van der Waals surface area contributed by atoms with E-state index in [0.717, 1.165) is 12.1 Å². The summed E-state index contributed by atoms with van der Waals surface area (Å²) in [4.78, 5) is 4.53. The van der Waals surface area contributed by atoms with Crippen LogP contribution in [0.15, 0.2) is 18.5 Å². The molecule has 0 atom stereocenters. The standard InChI is InChI=1S/C13H19N3/c1-9(2)16-8-11(4-5-14)12-6-10(3)7-15-13(12)16/h6-9H,4-5,14H2,1-3H3. The minimum atomic E-state index is 0.434. The molecule has 0 aliphatic rings. The van der Waals surface area contributed by atoms with Gasteiger partial charge < -0.3 is 10.3 Å². The van der Waals surface area contributed by atoms with E-state index in [1.54, 1.807) is 0 Å². The smallest absolute Gasteiger partial charge is 0.140 e. The second-order valence-electron chi connectivity index (χ2n) is 4.58. The molecule has 3 nitrogen and oxygen atoms in total. The van der Waals surface area contributed by atoms with E-state index in [0.29, 0.717) is 12.6 Å². The first-order valence-electron chi connectivity index (χ1n) is 5.79. The molecule has 0 saturated carbocycles. The highest BCUT2D eigenvalue weighted by Gasteiger charge is 2.11. The van der Waals surface area contributed by atoms with E-state index in [9.17, 15) is 0 Å². The fraction of sp³-hybridized carbons (Fsp3) is 0.462. The maximum atomic E-state index is 5.65. The van der Waals surface area contributed by atoms with Crippen LogP contribution < -0.4 is 5.73 Å². The van der Waals surface area contributed by atoms with Crippen LogP contribution in [-0.2, 0) is 6.42 Å². The molecule has 2 aromatic heterocycles. The molecule has 0 aromatic carbocycles. The summed E-state index contributed by atoms with van der Waals surface area (Å²) in [5, 5.41) is 1.25. The van der Waals surface area contributed by atoms with Crippen molar-refractivity contribution < 1.29 is 0 Å². The molecule has 2 heterocycles. The first-order chi connectivity index (χ1) is 7.63. The van der Waals surface area contributed by atoms with E-state index in [2.05, 4.69) is 42.6 Å². The number of aromatic nitrogens is 2. The summed E-state index contributed by atoms with van der Waals surface area (Å²) >= 11 is 0. The second kappa shape index (κ2) is 4.26. The van der Waals surface area contributed by atoms with Gasteiger partial charge in [0.1, 0.15) is 5.65 Å². The van der Waals surface area contributed by atoms with Crippen molar-refractivity contribution in [2.24, 2.45) is 5.73 Å². The van der Waals surface area contributed by atoms with Crippen molar-refractivity contribution in [3.63, 3.8) is 0 Å². The van der Waals surface area contributed by atoms with Crippen molar-refractivity contribution in [3.8, 4) is 0 Å². The number of fused-ring (bicyclic) bond motifs is 1. The van der Waals surface area contributed by atoms with E-state index < -0.39 is 0 Å². The normalized spacial score (nSPS) is 11.6. The predicted molar refractivity (Wildman–Crippen MR) is 67.6 cm³/mol. The average molecular weight is 217 g/mol. The van der Waals surface area contributed by atoms with Gasteiger partial charge in [-0.25, -0.2) is 4.98 Å². The number of hydrogen-bond acceptors (Lipinski definition) is 2. The summed E-state index contributed by atoms with van der Waals surface area (Å²) in [6.07, 6.45) is 5.03. The predicted octanol–water partition coefficient (Wildman–Crippen LogP) is 2.43. The fourth-order valence-electron chi connectivity index (χ4n) is 2.05. The highest BCUT2D eigenvalue weighted by Crippen LogP contribution is 2.24. The number of nitrogens with zero attached hydrogens (tertiary/aromatic N) is 2. The van der Waals surface area contributed by atoms with E-state index in [-0.39, 0.29) is 0 Å². The zero-order valence-corrected chi connectivity index (χ0v) is 10.2. The molecule has 3 heteroatoms. The Kier molecular flexibility index (Phi) is 2.97. The van der Waals surface area contributed by atoms with Crippen LogP contribution in [0.5, 0.6) is 0 Å². The SMILES string of the molecule is Cc1cnc2c(c1)c(CCN)cn2C(C)C. The summed E-state index contributed by atoms with van der Waals surface area (Å²) < 4.78 is 2.22. The zero-order chi connectivity index (χ0) is 11.7. The average Bonchev–Trinajstić information content (AvgIpc) is 2.58. The lowest BCUT2D eigenvalue weighted by molar-refractivity contribution is 0.616. The van der Waals surface area contributed by atoms with Gasteiger partial charge in [0.2, 0.25) is 0 Å². The van der Waals surface area contributed by atoms with E-state index in [4.69, 9.17) is 5.73 Å². The van der Waals surface area contributed by atoms with Crippen LogP contribution in [0.1, 0.15) is 31.0 Å². The first kappa shape index (κ1) is 11.1. The molecule has 0 aliphatic heterocycles. The van der Waals surface area contributed by atoms with Crippen molar-refractivity contribution in [2.75, 3.05) is 6.54 Å². The lowest BCUT2D eigenvalue weighted by Crippen LogP contribution is -2.02. The first-order valence-corrected chi connectivity index (χ1v) is 5.79. The van der Waals surface area contributed by atoms with Gasteiger partial charge in [0.15, 0.2) is 0 Å². The van der Waals surface area contributed by atoms with Gasteiger partial charge in [-0.3, -0.25) is 0 Å². The van der Waals surface area contributed by atoms with Crippen LogP contribution in [0.3, 0.4) is 0 Å². The molecule has 0 radical (unpaired) electrons. The van der Waals surface area contributed by atoms with Crippen LogP contribution >= 0.6 is 0 Å². The third kappa shape index (κ3) is 1.83. The summed E-state index contributed by atoms with van der Waals surface area (Å²) in [6.45, 7) is 7.11. The van der Waals surface area contributed by atoms with E-state index >= 15 is 0 Å². The van der Waals surface area contributed by atoms with E-state index in [1.807, 2.05) is 6.20 Å². The molecule has 0 saturated heterocycles. The van der Waals surface area contributed by atoms with Crippen LogP contribution in [-0.4, -0.2) is 16.1 Å². The van der Waals surface area contributed by atoms with Crippen molar-refractivity contribution in [2.45, 2.75) is 33.2 Å². The number of pyridine rings is 1. The third-order valence-corrected chi connectivity index (χ3v) is 2.86. The Morgan fingerprint density at radius 3 is 2.81 bits per heavy atom. The molecule has 0 bridgehead atoms. The van der Waals surface area contributed by atoms with Crippen molar-refractivity contribution >= 4 is 11.0 Å². The van der Waals surface area contributed by atoms with Crippen molar-refractivity contribution in [1.82, 2.24) is 9.55 Å². The van der Waals surface area contributed by atoms with Gasteiger partial charge in [-0.1, -0.05) is 0 Å². The minimum absolute atomic E-state index is 0.434. The van der Waals surface area contributed by atoms with Gasteiger partial charge in [-0.05, 0) is 50.9 Å². The summed E-state index contributed by atoms with van der Waals surface area (Å²) in [6, 6.07) is 2.64. The van der Waals surface area contributed by atoms with Gasteiger partial charge >= 0.3 is 0 Å². The van der Waals surface area contributed by atoms with Gasteiger partial charge in [0, 0.05) is 23.8 Å². The molecule has 0 amide bonds. The molecule has 0 aliphatic carbocycles. The third-order valence-electron chi connectivity index (χ3n) is 2.86. The van der Waals surface area contributed by atoms with Crippen molar-refractivity contribution in [1.29, 1.82) is 0 Å². The topological polar surface area (TPSA) is 43.8 Å². The second-order valence-corrected chi connectivity index (χ2v) is 4.58. The van der Waals surface area contributed by atoms with Crippen molar-refractivity contribution in [3.05, 3.63) is 29.6 Å². The Balaban J connectivity index is 2.66. The Labute approximate surface area is 96.3 Å². The Bertz CT molecular complexity index is 497. The van der Waals surface area contributed by atoms with Gasteiger partial charge in [0.25, 0.3) is 0 Å². The Hall–Kier alpha value is -1.35. The molecule has 0 fully saturated rings. The minimum Gasteiger partial charge on any atom is -0.330 e. The molecule has 2 rings (SSSR count). The largest absolute Gasteiger partial charge is 0.330 e. The van der Waals surface area contributed by atoms with Crippen LogP contribution in [0, 0.1) is 6.92 Å². The van der Waals surface area contributed by atoms with Crippen LogP contribution in [0.4, 0.5) is 0 Å². The highest BCUT2D eigenvalue weighted by atomic mass is 15.0. The fourth-order valence-corrected chi connectivity index (χ4v) is 2.05.